The molecule has 1 aromatic rings. The average Bonchev–Trinajstić information content (AvgIpc) is 2.82. The molecule has 2 heterocycles. The summed E-state index contributed by atoms with van der Waals surface area (Å²) >= 11 is 0. The van der Waals surface area contributed by atoms with Gasteiger partial charge in [0.1, 0.15) is 5.76 Å². The van der Waals surface area contributed by atoms with Crippen LogP contribution in [0.3, 0.4) is 0 Å². The van der Waals surface area contributed by atoms with E-state index < -0.39 is 0 Å². The molecule has 80 valence electrons. The number of carbonyl (C=O) groups is 1. The fourth-order valence-corrected chi connectivity index (χ4v) is 1.76. The van der Waals surface area contributed by atoms with E-state index in [1.807, 2.05) is 12.1 Å². The van der Waals surface area contributed by atoms with E-state index in [1.165, 1.54) is 6.08 Å². The van der Waals surface area contributed by atoms with E-state index in [-0.39, 0.29) is 11.9 Å². The molecule has 0 aliphatic carbocycles. The lowest BCUT2D eigenvalue weighted by molar-refractivity contribution is -0.127. The number of nitrogens with zero attached hydrogens (tertiary/aromatic N) is 1. The van der Waals surface area contributed by atoms with Crippen LogP contribution in [0.25, 0.3) is 0 Å². The van der Waals surface area contributed by atoms with Crippen molar-refractivity contribution in [3.8, 4) is 0 Å². The number of hydrogen-bond donors (Lipinski definition) is 1. The van der Waals surface area contributed by atoms with E-state index in [0.717, 1.165) is 18.8 Å². The van der Waals surface area contributed by atoms with Gasteiger partial charge >= 0.3 is 0 Å². The number of amides is 1. The smallest absolute Gasteiger partial charge is 0.246 e. The molecule has 4 nitrogen and oxygen atoms in total. The van der Waals surface area contributed by atoms with Gasteiger partial charge in [-0.3, -0.25) is 4.79 Å². The zero-order chi connectivity index (χ0) is 10.7. The van der Waals surface area contributed by atoms with Crippen molar-refractivity contribution in [3.05, 3.63) is 36.8 Å². The van der Waals surface area contributed by atoms with Crippen LogP contribution in [0.5, 0.6) is 0 Å². The van der Waals surface area contributed by atoms with Gasteiger partial charge in [0.2, 0.25) is 5.91 Å². The summed E-state index contributed by atoms with van der Waals surface area (Å²) in [7, 11) is 0. The number of carbonyl (C=O) groups excluding carboxylic acids is 1. The van der Waals surface area contributed by atoms with E-state index in [0.29, 0.717) is 6.54 Å². The van der Waals surface area contributed by atoms with Gasteiger partial charge in [0, 0.05) is 19.6 Å². The molecule has 1 amide bonds. The highest BCUT2D eigenvalue weighted by molar-refractivity contribution is 5.87. The lowest BCUT2D eigenvalue weighted by Gasteiger charge is -2.31. The highest BCUT2D eigenvalue weighted by Crippen LogP contribution is 2.17. The fourth-order valence-electron chi connectivity index (χ4n) is 1.76. The summed E-state index contributed by atoms with van der Waals surface area (Å²) < 4.78 is 5.31. The molecule has 1 aliphatic heterocycles. The van der Waals surface area contributed by atoms with Gasteiger partial charge in [-0.1, -0.05) is 6.58 Å². The minimum absolute atomic E-state index is 0.0203. The number of hydrogen-bond acceptors (Lipinski definition) is 3. The molecule has 0 spiro atoms. The van der Waals surface area contributed by atoms with E-state index in [4.69, 9.17) is 4.42 Å². The predicted molar refractivity (Wildman–Crippen MR) is 56.2 cm³/mol. The van der Waals surface area contributed by atoms with E-state index >= 15 is 0 Å². The summed E-state index contributed by atoms with van der Waals surface area (Å²) in [6.45, 7) is 5.63. The lowest BCUT2D eigenvalue weighted by atomic mass is 10.1. The van der Waals surface area contributed by atoms with Crippen LogP contribution >= 0.6 is 0 Å². The van der Waals surface area contributed by atoms with Crippen molar-refractivity contribution in [3.63, 3.8) is 0 Å². The molecule has 1 aromatic heterocycles. The van der Waals surface area contributed by atoms with Crippen molar-refractivity contribution in [1.29, 1.82) is 0 Å². The molecule has 2 rings (SSSR count). The molecular formula is C11H14N2O2. The summed E-state index contributed by atoms with van der Waals surface area (Å²) in [5, 5.41) is 3.31. The summed E-state index contributed by atoms with van der Waals surface area (Å²) in [5.41, 5.74) is 0. The Labute approximate surface area is 88.6 Å². The minimum Gasteiger partial charge on any atom is -0.468 e. The maximum absolute atomic E-state index is 11.4. The molecule has 1 aliphatic rings. The number of rotatable bonds is 2. The second-order valence-electron chi connectivity index (χ2n) is 3.51. The van der Waals surface area contributed by atoms with E-state index in [2.05, 4.69) is 11.9 Å². The fraction of sp³-hybridized carbons (Fsp3) is 0.364. The van der Waals surface area contributed by atoms with Gasteiger partial charge in [-0.15, -0.1) is 0 Å². The molecule has 0 radical (unpaired) electrons. The molecule has 0 saturated carbocycles. The zero-order valence-electron chi connectivity index (χ0n) is 8.48. The van der Waals surface area contributed by atoms with Crippen LogP contribution in [0.4, 0.5) is 0 Å². The Bertz CT molecular complexity index is 345. The standard InChI is InChI=1S/C11H14N2O2/c1-2-11(14)13-6-5-12-9(8-13)10-4-3-7-15-10/h2-4,7,9,12H,1,5-6,8H2. The normalized spacial score (nSPS) is 21.3. The first kappa shape index (κ1) is 9.98. The van der Waals surface area contributed by atoms with Gasteiger partial charge in [-0.05, 0) is 18.2 Å². The molecule has 0 aromatic carbocycles. The Morgan fingerprint density at radius 1 is 1.73 bits per heavy atom. The highest BCUT2D eigenvalue weighted by Gasteiger charge is 2.24. The SMILES string of the molecule is C=CC(=O)N1CCNC(c2ccco2)C1. The Hall–Kier alpha value is -1.55. The molecular weight excluding hydrogens is 192 g/mol. The van der Waals surface area contributed by atoms with Crippen LogP contribution in [0.1, 0.15) is 11.8 Å². The maximum atomic E-state index is 11.4. The summed E-state index contributed by atoms with van der Waals surface area (Å²) in [6, 6.07) is 3.86. The number of piperazine rings is 1. The van der Waals surface area contributed by atoms with Gasteiger partial charge in [0.05, 0.1) is 12.3 Å². The third kappa shape index (κ3) is 2.10. The monoisotopic (exact) mass is 206 g/mol. The lowest BCUT2D eigenvalue weighted by Crippen LogP contribution is -2.47. The topological polar surface area (TPSA) is 45.5 Å². The molecule has 1 fully saturated rings. The molecule has 1 saturated heterocycles. The Kier molecular flexibility index (Phi) is 2.87. The van der Waals surface area contributed by atoms with E-state index in [9.17, 15) is 4.79 Å². The van der Waals surface area contributed by atoms with Gasteiger partial charge in [0.25, 0.3) is 0 Å². The third-order valence-electron chi connectivity index (χ3n) is 2.55. The number of nitrogens with one attached hydrogen (secondary N) is 1. The van der Waals surface area contributed by atoms with Crippen LogP contribution < -0.4 is 5.32 Å². The Morgan fingerprint density at radius 3 is 3.27 bits per heavy atom. The highest BCUT2D eigenvalue weighted by atomic mass is 16.3. The third-order valence-corrected chi connectivity index (χ3v) is 2.55. The van der Waals surface area contributed by atoms with Crippen molar-refractivity contribution in [2.24, 2.45) is 0 Å². The molecule has 4 heteroatoms. The molecule has 1 N–H and O–H groups in total. The second kappa shape index (κ2) is 4.31. The summed E-state index contributed by atoms with van der Waals surface area (Å²) in [6.07, 6.45) is 3.00. The van der Waals surface area contributed by atoms with Crippen LogP contribution in [0.15, 0.2) is 35.5 Å². The van der Waals surface area contributed by atoms with Crippen molar-refractivity contribution in [2.45, 2.75) is 6.04 Å². The van der Waals surface area contributed by atoms with Crippen molar-refractivity contribution < 1.29 is 9.21 Å². The predicted octanol–water partition coefficient (Wildman–Crippen LogP) is 0.938. The number of furan rings is 1. The average molecular weight is 206 g/mol. The van der Waals surface area contributed by atoms with E-state index in [1.54, 1.807) is 11.2 Å². The van der Waals surface area contributed by atoms with Crippen molar-refractivity contribution >= 4 is 5.91 Å². The molecule has 1 unspecified atom stereocenters. The van der Waals surface area contributed by atoms with Gasteiger partial charge in [0.15, 0.2) is 0 Å². The minimum atomic E-state index is -0.0203. The van der Waals surface area contributed by atoms with Crippen molar-refractivity contribution in [2.75, 3.05) is 19.6 Å². The Balaban J connectivity index is 2.04. The van der Waals surface area contributed by atoms with Crippen LogP contribution in [0.2, 0.25) is 0 Å². The van der Waals surface area contributed by atoms with Crippen LogP contribution in [0, 0.1) is 0 Å². The summed E-state index contributed by atoms with van der Waals surface area (Å²) in [4.78, 5) is 13.2. The summed E-state index contributed by atoms with van der Waals surface area (Å²) in [5.74, 6) is 0.851. The molecule has 15 heavy (non-hydrogen) atoms. The largest absolute Gasteiger partial charge is 0.468 e. The van der Waals surface area contributed by atoms with Gasteiger partial charge in [-0.25, -0.2) is 0 Å². The second-order valence-corrected chi connectivity index (χ2v) is 3.51. The molecule has 1 atom stereocenters. The van der Waals surface area contributed by atoms with Crippen LogP contribution in [-0.4, -0.2) is 30.4 Å². The van der Waals surface area contributed by atoms with Gasteiger partial charge < -0.3 is 14.6 Å². The molecule has 0 bridgehead atoms. The first-order valence-corrected chi connectivity index (χ1v) is 4.99. The van der Waals surface area contributed by atoms with Crippen molar-refractivity contribution in [1.82, 2.24) is 10.2 Å². The van der Waals surface area contributed by atoms with Crippen LogP contribution in [-0.2, 0) is 4.79 Å². The first-order valence-electron chi connectivity index (χ1n) is 4.99. The zero-order valence-corrected chi connectivity index (χ0v) is 8.48. The van der Waals surface area contributed by atoms with Gasteiger partial charge in [-0.2, -0.15) is 0 Å². The quantitative estimate of drug-likeness (QED) is 0.732. The maximum Gasteiger partial charge on any atom is 0.246 e. The Morgan fingerprint density at radius 2 is 2.60 bits per heavy atom. The first-order chi connectivity index (χ1) is 7.31.